The molecule has 4 aromatic rings. The summed E-state index contributed by atoms with van der Waals surface area (Å²) in [6.07, 6.45) is 13.3. The SMILES string of the molecule is COc1cc(-c2ccc(C)cc2)cc([P]c2ccc(C)cc2)c1-c1c(OC)cc(C2CCCCC2)cc1[P]C1CCCCC1. The molecule has 2 radical (unpaired) electrons. The quantitative estimate of drug-likeness (QED) is 0.173. The van der Waals surface area contributed by atoms with Gasteiger partial charge in [-0.1, -0.05) is 98.2 Å². The summed E-state index contributed by atoms with van der Waals surface area (Å²) in [7, 11) is 6.28. The van der Waals surface area contributed by atoms with Crippen LogP contribution in [0.1, 0.15) is 86.8 Å². The Morgan fingerprint density at radius 2 is 1.14 bits per heavy atom. The van der Waals surface area contributed by atoms with Crippen molar-refractivity contribution in [3.63, 3.8) is 0 Å². The Hall–Kier alpha value is -2.66. The van der Waals surface area contributed by atoms with Crippen molar-refractivity contribution in [2.75, 3.05) is 14.2 Å². The molecule has 0 N–H and O–H groups in total. The molecular weight excluding hydrogens is 574 g/mol. The zero-order valence-corrected chi connectivity index (χ0v) is 28.7. The van der Waals surface area contributed by atoms with E-state index in [0.717, 1.165) is 20.1 Å². The summed E-state index contributed by atoms with van der Waals surface area (Å²) in [4.78, 5) is 0. The van der Waals surface area contributed by atoms with E-state index >= 15 is 0 Å². The molecule has 44 heavy (non-hydrogen) atoms. The van der Waals surface area contributed by atoms with Crippen molar-refractivity contribution >= 4 is 33.1 Å². The fourth-order valence-corrected chi connectivity index (χ4v) is 9.69. The lowest BCUT2D eigenvalue weighted by atomic mass is 9.83. The summed E-state index contributed by atoms with van der Waals surface area (Å²) >= 11 is 0. The molecule has 2 fully saturated rings. The van der Waals surface area contributed by atoms with E-state index in [1.165, 1.54) is 128 Å². The Bertz CT molecular complexity index is 1550. The molecule has 0 spiro atoms. The molecule has 2 aliphatic rings. The van der Waals surface area contributed by atoms with Gasteiger partial charge >= 0.3 is 0 Å². The maximum Gasteiger partial charge on any atom is 0.128 e. The molecule has 0 aliphatic heterocycles. The van der Waals surface area contributed by atoms with Gasteiger partial charge in [0.15, 0.2) is 0 Å². The molecule has 228 valence electrons. The van der Waals surface area contributed by atoms with Gasteiger partial charge in [0.2, 0.25) is 0 Å². The Morgan fingerprint density at radius 1 is 0.568 bits per heavy atom. The van der Waals surface area contributed by atoms with Crippen molar-refractivity contribution in [1.82, 2.24) is 0 Å². The summed E-state index contributed by atoms with van der Waals surface area (Å²) in [5.41, 5.74) is 9.51. The molecule has 0 saturated heterocycles. The predicted molar refractivity (Wildman–Crippen MR) is 192 cm³/mol. The van der Waals surface area contributed by atoms with E-state index in [4.69, 9.17) is 9.47 Å². The van der Waals surface area contributed by atoms with E-state index in [9.17, 15) is 0 Å². The van der Waals surface area contributed by atoms with Crippen molar-refractivity contribution < 1.29 is 9.47 Å². The van der Waals surface area contributed by atoms with Crippen LogP contribution < -0.4 is 25.4 Å². The lowest BCUT2D eigenvalue weighted by molar-refractivity contribution is 0.408. The Kier molecular flexibility index (Phi) is 10.4. The fraction of sp³-hybridized carbons (Fsp3) is 0.400. The van der Waals surface area contributed by atoms with E-state index in [1.807, 2.05) is 14.2 Å². The van der Waals surface area contributed by atoms with E-state index in [0.29, 0.717) is 11.6 Å². The molecule has 2 saturated carbocycles. The minimum atomic E-state index is 0.628. The number of ether oxygens (including phenoxy) is 2. The number of hydrogen-bond acceptors (Lipinski definition) is 2. The largest absolute Gasteiger partial charge is 0.496 e. The average molecular weight is 621 g/mol. The van der Waals surface area contributed by atoms with Gasteiger partial charge in [0.05, 0.1) is 14.2 Å². The number of rotatable bonds is 9. The first kappa shape index (κ1) is 31.3. The molecule has 4 aromatic carbocycles. The smallest absolute Gasteiger partial charge is 0.128 e. The van der Waals surface area contributed by atoms with Crippen LogP contribution in [0.15, 0.2) is 72.8 Å². The van der Waals surface area contributed by atoms with Gasteiger partial charge < -0.3 is 9.47 Å². The summed E-state index contributed by atoms with van der Waals surface area (Å²) in [5.74, 6) is 2.54. The van der Waals surface area contributed by atoms with Crippen LogP contribution in [0.5, 0.6) is 11.5 Å². The molecular formula is C40H46O2P2. The average Bonchev–Trinajstić information content (AvgIpc) is 3.06. The molecule has 2 aliphatic carbocycles. The van der Waals surface area contributed by atoms with Gasteiger partial charge in [-0.05, 0) is 125 Å². The second-order valence-corrected chi connectivity index (χ2v) is 15.5. The normalized spacial score (nSPS) is 16.7. The maximum atomic E-state index is 6.35. The van der Waals surface area contributed by atoms with Gasteiger partial charge in [-0.3, -0.25) is 0 Å². The van der Waals surface area contributed by atoms with Gasteiger partial charge in [0, 0.05) is 11.1 Å². The molecule has 0 bridgehead atoms. The number of methoxy groups -OCH3 is 2. The van der Waals surface area contributed by atoms with Crippen LogP contribution in [0.4, 0.5) is 0 Å². The van der Waals surface area contributed by atoms with Crippen LogP contribution >= 0.6 is 17.2 Å². The monoisotopic (exact) mass is 620 g/mol. The number of benzene rings is 4. The molecule has 2 nitrogen and oxygen atoms in total. The van der Waals surface area contributed by atoms with Crippen molar-refractivity contribution in [3.8, 4) is 33.8 Å². The van der Waals surface area contributed by atoms with Crippen molar-refractivity contribution in [2.45, 2.75) is 89.6 Å². The van der Waals surface area contributed by atoms with E-state index < -0.39 is 0 Å². The molecule has 0 unspecified atom stereocenters. The van der Waals surface area contributed by atoms with E-state index in [-0.39, 0.29) is 0 Å². The molecule has 6 rings (SSSR count). The minimum Gasteiger partial charge on any atom is -0.496 e. The van der Waals surface area contributed by atoms with Crippen molar-refractivity contribution in [1.29, 1.82) is 0 Å². The second-order valence-electron chi connectivity index (χ2n) is 12.8. The zero-order chi connectivity index (χ0) is 30.5. The highest BCUT2D eigenvalue weighted by molar-refractivity contribution is 7.56. The van der Waals surface area contributed by atoms with Gasteiger partial charge in [0.1, 0.15) is 11.5 Å². The lowest BCUT2D eigenvalue weighted by Crippen LogP contribution is -2.18. The van der Waals surface area contributed by atoms with Crippen LogP contribution in [0.2, 0.25) is 0 Å². The predicted octanol–water partition coefficient (Wildman–Crippen LogP) is 10.5. The van der Waals surface area contributed by atoms with Crippen LogP contribution in [0.3, 0.4) is 0 Å². The molecule has 0 aromatic heterocycles. The van der Waals surface area contributed by atoms with Crippen LogP contribution in [0, 0.1) is 13.8 Å². The van der Waals surface area contributed by atoms with E-state index in [1.54, 1.807) is 0 Å². The first-order valence-electron chi connectivity index (χ1n) is 16.5. The zero-order valence-electron chi connectivity index (χ0n) is 26.9. The second kappa shape index (κ2) is 14.6. The highest BCUT2D eigenvalue weighted by Gasteiger charge is 2.27. The summed E-state index contributed by atoms with van der Waals surface area (Å²) in [5, 5.41) is 3.95. The maximum absolute atomic E-state index is 6.35. The molecule has 0 amide bonds. The Morgan fingerprint density at radius 3 is 1.77 bits per heavy atom. The molecule has 4 heteroatoms. The van der Waals surface area contributed by atoms with Gasteiger partial charge in [-0.15, -0.1) is 0 Å². The topological polar surface area (TPSA) is 18.5 Å². The lowest BCUT2D eigenvalue weighted by Gasteiger charge is -2.28. The Balaban J connectivity index is 1.56. The third-order valence-corrected chi connectivity index (χ3v) is 12.2. The van der Waals surface area contributed by atoms with Gasteiger partial charge in [0.25, 0.3) is 0 Å². The van der Waals surface area contributed by atoms with Gasteiger partial charge in [-0.25, -0.2) is 0 Å². The fourth-order valence-electron chi connectivity index (χ4n) is 6.99. The molecule has 0 atom stereocenters. The third kappa shape index (κ3) is 7.25. The number of aryl methyl sites for hydroxylation is 2. The third-order valence-electron chi connectivity index (χ3n) is 9.52. The highest BCUT2D eigenvalue weighted by Crippen LogP contribution is 2.45. The highest BCUT2D eigenvalue weighted by atomic mass is 31.1. The Labute approximate surface area is 268 Å². The first-order valence-corrected chi connectivity index (χ1v) is 18.4. The van der Waals surface area contributed by atoms with Crippen LogP contribution in [0.25, 0.3) is 22.3 Å². The standard InChI is InChI=1S/C40H46O2P2/c1-27-15-19-30(20-16-27)32-24-36(42-4)40(38(26-32)44-34-21-17-28(2)18-22-34)39-35(41-3)23-31(29-11-7-5-8-12-29)25-37(39)43-33-13-9-6-10-14-33/h15-26,29,33H,5-14H2,1-4H3. The van der Waals surface area contributed by atoms with Crippen molar-refractivity contribution in [3.05, 3.63) is 89.5 Å². The van der Waals surface area contributed by atoms with Crippen LogP contribution in [-0.2, 0) is 0 Å². The summed E-state index contributed by atoms with van der Waals surface area (Å²) < 4.78 is 12.7. The van der Waals surface area contributed by atoms with Crippen molar-refractivity contribution in [2.24, 2.45) is 0 Å². The first-order chi connectivity index (χ1) is 21.5. The van der Waals surface area contributed by atoms with Gasteiger partial charge in [-0.2, -0.15) is 0 Å². The summed E-state index contributed by atoms with van der Waals surface area (Å²) in [6, 6.07) is 27.4. The summed E-state index contributed by atoms with van der Waals surface area (Å²) in [6.45, 7) is 4.30. The molecule has 0 heterocycles. The van der Waals surface area contributed by atoms with Crippen LogP contribution in [-0.4, -0.2) is 19.9 Å². The van der Waals surface area contributed by atoms with E-state index in [2.05, 4.69) is 86.6 Å². The minimum absolute atomic E-state index is 0.628. The number of hydrogen-bond donors (Lipinski definition) is 0.